The van der Waals surface area contributed by atoms with E-state index in [1.54, 1.807) is 6.20 Å². The Labute approximate surface area is 149 Å². The van der Waals surface area contributed by atoms with E-state index < -0.39 is 0 Å². The third-order valence-electron chi connectivity index (χ3n) is 4.57. The number of pyridine rings is 1. The van der Waals surface area contributed by atoms with Crippen LogP contribution in [0, 0.1) is 0 Å². The molecule has 2 heterocycles. The first-order valence-electron chi connectivity index (χ1n) is 8.82. The lowest BCUT2D eigenvalue weighted by molar-refractivity contribution is -0.117. The normalized spacial score (nSPS) is 14.3. The van der Waals surface area contributed by atoms with Crippen LogP contribution in [0.2, 0.25) is 0 Å². The largest absolute Gasteiger partial charge is 0.309 e. The van der Waals surface area contributed by atoms with Gasteiger partial charge in [-0.3, -0.25) is 14.8 Å². The van der Waals surface area contributed by atoms with Gasteiger partial charge >= 0.3 is 0 Å². The molecule has 0 N–H and O–H groups in total. The van der Waals surface area contributed by atoms with E-state index in [0.717, 1.165) is 42.3 Å². The van der Waals surface area contributed by atoms with E-state index in [1.165, 1.54) is 0 Å². The van der Waals surface area contributed by atoms with Gasteiger partial charge in [-0.1, -0.05) is 38.1 Å². The Bertz CT molecular complexity index is 753. The number of aliphatic imine (C=N–C) groups is 1. The number of carbonyl (C=O) groups is 1. The zero-order chi connectivity index (χ0) is 17.6. The van der Waals surface area contributed by atoms with Crippen molar-refractivity contribution >= 4 is 17.3 Å². The van der Waals surface area contributed by atoms with Crippen molar-refractivity contribution in [3.63, 3.8) is 0 Å². The molecule has 1 amide bonds. The molecule has 5 heteroatoms. The molecular weight excluding hydrogens is 312 g/mol. The highest BCUT2D eigenvalue weighted by atomic mass is 16.2. The number of benzene rings is 1. The molecule has 0 saturated heterocycles. The van der Waals surface area contributed by atoms with Crippen LogP contribution in [-0.2, 0) is 4.79 Å². The van der Waals surface area contributed by atoms with Crippen LogP contribution in [0.15, 0.2) is 53.7 Å². The van der Waals surface area contributed by atoms with Gasteiger partial charge in [0.1, 0.15) is 6.54 Å². The van der Waals surface area contributed by atoms with Gasteiger partial charge in [-0.2, -0.15) is 0 Å². The lowest BCUT2D eigenvalue weighted by atomic mass is 10.0. The number of carbonyl (C=O) groups excluding carboxylic acids is 1. The van der Waals surface area contributed by atoms with Gasteiger partial charge in [-0.25, -0.2) is 0 Å². The molecule has 0 spiro atoms. The molecule has 0 radical (unpaired) electrons. The number of aromatic nitrogens is 1. The molecule has 25 heavy (non-hydrogen) atoms. The standard InChI is InChI=1S/C20H24N4O/c1-3-23(4-2)13-14-24-18-11-6-5-9-16(18)20(22-15-19(24)25)17-10-7-8-12-21-17/h5-12H,3-4,13-15H2,1-2H3. The van der Waals surface area contributed by atoms with Gasteiger partial charge in [-0.05, 0) is 31.3 Å². The molecule has 0 bridgehead atoms. The van der Waals surface area contributed by atoms with Crippen molar-refractivity contribution in [2.24, 2.45) is 4.99 Å². The van der Waals surface area contributed by atoms with E-state index in [-0.39, 0.29) is 12.5 Å². The zero-order valence-electron chi connectivity index (χ0n) is 14.9. The van der Waals surface area contributed by atoms with Gasteiger partial charge < -0.3 is 9.80 Å². The van der Waals surface area contributed by atoms with Crippen molar-refractivity contribution in [1.29, 1.82) is 0 Å². The van der Waals surface area contributed by atoms with Gasteiger partial charge in [0.2, 0.25) is 5.91 Å². The summed E-state index contributed by atoms with van der Waals surface area (Å²) in [6, 6.07) is 13.7. The summed E-state index contributed by atoms with van der Waals surface area (Å²) in [5, 5.41) is 0. The molecule has 1 aromatic carbocycles. The van der Waals surface area contributed by atoms with Crippen molar-refractivity contribution < 1.29 is 4.79 Å². The fourth-order valence-corrected chi connectivity index (χ4v) is 3.11. The second-order valence-corrected chi connectivity index (χ2v) is 5.97. The van der Waals surface area contributed by atoms with Crippen LogP contribution in [0.5, 0.6) is 0 Å². The molecule has 0 unspecified atom stereocenters. The second kappa shape index (κ2) is 8.03. The molecular formula is C20H24N4O. The van der Waals surface area contributed by atoms with Crippen LogP contribution < -0.4 is 4.90 Å². The summed E-state index contributed by atoms with van der Waals surface area (Å²) < 4.78 is 0. The molecule has 3 rings (SSSR count). The Morgan fingerprint density at radius 3 is 2.56 bits per heavy atom. The quantitative estimate of drug-likeness (QED) is 0.815. The average Bonchev–Trinajstić information content (AvgIpc) is 2.80. The van der Waals surface area contributed by atoms with Crippen LogP contribution in [0.4, 0.5) is 5.69 Å². The number of anilines is 1. The molecule has 5 nitrogen and oxygen atoms in total. The van der Waals surface area contributed by atoms with Gasteiger partial charge in [0.15, 0.2) is 0 Å². The Balaban J connectivity index is 1.96. The minimum atomic E-state index is 0.0329. The Morgan fingerprint density at radius 1 is 1.08 bits per heavy atom. The maximum atomic E-state index is 12.7. The summed E-state index contributed by atoms with van der Waals surface area (Å²) in [4.78, 5) is 25.9. The molecule has 1 aliphatic rings. The van der Waals surface area contributed by atoms with Crippen LogP contribution in [0.25, 0.3) is 0 Å². The minimum Gasteiger partial charge on any atom is -0.309 e. The van der Waals surface area contributed by atoms with Crippen molar-refractivity contribution in [2.75, 3.05) is 37.6 Å². The topological polar surface area (TPSA) is 48.8 Å². The van der Waals surface area contributed by atoms with Gasteiger partial charge in [0, 0.05) is 24.8 Å². The number of fused-ring (bicyclic) bond motifs is 1. The van der Waals surface area contributed by atoms with Crippen molar-refractivity contribution in [3.8, 4) is 0 Å². The maximum absolute atomic E-state index is 12.7. The van der Waals surface area contributed by atoms with Crippen LogP contribution >= 0.6 is 0 Å². The average molecular weight is 336 g/mol. The Morgan fingerprint density at radius 2 is 1.84 bits per heavy atom. The van der Waals surface area contributed by atoms with Crippen molar-refractivity contribution in [1.82, 2.24) is 9.88 Å². The van der Waals surface area contributed by atoms with Crippen LogP contribution in [0.1, 0.15) is 25.1 Å². The van der Waals surface area contributed by atoms with E-state index in [0.29, 0.717) is 6.54 Å². The highest BCUT2D eigenvalue weighted by Crippen LogP contribution is 2.26. The van der Waals surface area contributed by atoms with E-state index >= 15 is 0 Å². The highest BCUT2D eigenvalue weighted by Gasteiger charge is 2.25. The Hall–Kier alpha value is -2.53. The molecule has 1 aromatic heterocycles. The van der Waals surface area contributed by atoms with E-state index in [1.807, 2.05) is 47.4 Å². The van der Waals surface area contributed by atoms with Gasteiger partial charge in [-0.15, -0.1) is 0 Å². The maximum Gasteiger partial charge on any atom is 0.248 e. The number of para-hydroxylation sites is 1. The first-order valence-corrected chi connectivity index (χ1v) is 8.82. The number of amides is 1. The molecule has 1 aliphatic heterocycles. The van der Waals surface area contributed by atoms with Crippen molar-refractivity contribution in [2.45, 2.75) is 13.8 Å². The SMILES string of the molecule is CCN(CC)CCN1C(=O)CN=C(c2ccccn2)c2ccccc21. The molecule has 2 aromatic rings. The molecule has 0 fully saturated rings. The third kappa shape index (κ3) is 3.77. The predicted octanol–water partition coefficient (Wildman–Crippen LogP) is 2.61. The third-order valence-corrected chi connectivity index (χ3v) is 4.57. The smallest absolute Gasteiger partial charge is 0.248 e. The summed E-state index contributed by atoms with van der Waals surface area (Å²) in [5.41, 5.74) is 3.47. The molecule has 0 saturated carbocycles. The number of nitrogens with zero attached hydrogens (tertiary/aromatic N) is 4. The highest BCUT2D eigenvalue weighted by molar-refractivity contribution is 6.18. The van der Waals surface area contributed by atoms with Crippen LogP contribution in [0.3, 0.4) is 0 Å². The summed E-state index contributed by atoms with van der Waals surface area (Å²) in [5.74, 6) is 0.0329. The first kappa shape index (κ1) is 17.3. The molecule has 0 aliphatic carbocycles. The lowest BCUT2D eigenvalue weighted by Crippen LogP contribution is -2.39. The minimum absolute atomic E-state index is 0.0329. The fourth-order valence-electron chi connectivity index (χ4n) is 3.11. The summed E-state index contributed by atoms with van der Waals surface area (Å²) in [6.45, 7) is 7.92. The number of likely N-dealkylation sites (N-methyl/N-ethyl adjacent to an activating group) is 1. The predicted molar refractivity (Wildman–Crippen MR) is 101 cm³/mol. The van der Waals surface area contributed by atoms with Crippen molar-refractivity contribution in [3.05, 3.63) is 59.9 Å². The molecule has 0 atom stereocenters. The summed E-state index contributed by atoms with van der Waals surface area (Å²) in [7, 11) is 0. The number of benzodiazepines with no additional fused rings is 1. The monoisotopic (exact) mass is 336 g/mol. The summed E-state index contributed by atoms with van der Waals surface area (Å²) in [6.07, 6.45) is 1.76. The number of hydrogen-bond donors (Lipinski definition) is 0. The Kier molecular flexibility index (Phi) is 5.56. The van der Waals surface area contributed by atoms with E-state index in [4.69, 9.17) is 0 Å². The molecule has 130 valence electrons. The number of rotatable bonds is 6. The van der Waals surface area contributed by atoms with E-state index in [9.17, 15) is 4.79 Å². The van der Waals surface area contributed by atoms with Crippen LogP contribution in [-0.4, -0.2) is 54.2 Å². The van der Waals surface area contributed by atoms with Gasteiger partial charge in [0.05, 0.1) is 17.1 Å². The number of hydrogen-bond acceptors (Lipinski definition) is 4. The zero-order valence-corrected chi connectivity index (χ0v) is 14.9. The van der Waals surface area contributed by atoms with E-state index in [2.05, 4.69) is 28.7 Å². The first-order chi connectivity index (χ1) is 12.2. The fraction of sp³-hybridized carbons (Fsp3) is 0.350. The van der Waals surface area contributed by atoms with Gasteiger partial charge in [0.25, 0.3) is 0 Å². The summed E-state index contributed by atoms with van der Waals surface area (Å²) >= 11 is 0. The second-order valence-electron chi connectivity index (χ2n) is 5.97. The lowest BCUT2D eigenvalue weighted by Gasteiger charge is -2.26.